The summed E-state index contributed by atoms with van der Waals surface area (Å²) >= 11 is 0. The molecule has 0 bridgehead atoms. The molecule has 1 aliphatic heterocycles. The van der Waals surface area contributed by atoms with Crippen molar-refractivity contribution in [3.05, 3.63) is 29.8 Å². The van der Waals surface area contributed by atoms with Crippen molar-refractivity contribution in [1.82, 2.24) is 0 Å². The Bertz CT molecular complexity index is 472. The zero-order valence-electron chi connectivity index (χ0n) is 8.64. The summed E-state index contributed by atoms with van der Waals surface area (Å²) in [7, 11) is 0. The number of rotatable bonds is 2. The Labute approximate surface area is 93.1 Å². The van der Waals surface area contributed by atoms with Gasteiger partial charge in [0.1, 0.15) is 0 Å². The lowest BCUT2D eigenvalue weighted by atomic mass is 10.1. The van der Waals surface area contributed by atoms with Gasteiger partial charge in [0.2, 0.25) is 11.8 Å². The molecule has 0 saturated carbocycles. The minimum atomic E-state index is -0.167. The Morgan fingerprint density at radius 3 is 2.56 bits per heavy atom. The molecular weight excluding hydrogens is 204 g/mol. The van der Waals surface area contributed by atoms with Crippen LogP contribution in [-0.4, -0.2) is 11.8 Å². The van der Waals surface area contributed by atoms with E-state index in [1.54, 1.807) is 24.3 Å². The van der Waals surface area contributed by atoms with Crippen LogP contribution in [0.25, 0.3) is 0 Å². The van der Waals surface area contributed by atoms with Gasteiger partial charge in [0, 0.05) is 12.8 Å². The van der Waals surface area contributed by atoms with E-state index in [9.17, 15) is 9.59 Å². The molecule has 2 amide bonds. The van der Waals surface area contributed by atoms with Gasteiger partial charge in [0.05, 0.1) is 18.2 Å². The van der Waals surface area contributed by atoms with E-state index in [1.165, 1.54) is 4.90 Å². The van der Waals surface area contributed by atoms with Crippen LogP contribution < -0.4 is 4.90 Å². The van der Waals surface area contributed by atoms with E-state index in [0.29, 0.717) is 5.69 Å². The largest absolute Gasteiger partial charge is 0.274 e. The smallest absolute Gasteiger partial charge is 0.234 e. The lowest BCUT2D eigenvalue weighted by Gasteiger charge is -2.14. The number of amides is 2. The predicted octanol–water partition coefficient (Wildman–Crippen LogP) is 1.41. The van der Waals surface area contributed by atoms with E-state index in [4.69, 9.17) is 5.26 Å². The van der Waals surface area contributed by atoms with Gasteiger partial charge in [-0.3, -0.25) is 14.5 Å². The molecule has 4 heteroatoms. The third-order valence-electron chi connectivity index (χ3n) is 2.50. The van der Waals surface area contributed by atoms with Gasteiger partial charge in [-0.2, -0.15) is 5.26 Å². The molecule has 4 nitrogen and oxygen atoms in total. The number of nitriles is 1. The minimum Gasteiger partial charge on any atom is -0.274 e. The van der Waals surface area contributed by atoms with Gasteiger partial charge < -0.3 is 0 Å². The fourth-order valence-electron chi connectivity index (χ4n) is 1.76. The van der Waals surface area contributed by atoms with Crippen LogP contribution in [0.3, 0.4) is 0 Å². The molecule has 0 unspecified atom stereocenters. The van der Waals surface area contributed by atoms with Crippen LogP contribution in [0.15, 0.2) is 24.3 Å². The summed E-state index contributed by atoms with van der Waals surface area (Å²) in [4.78, 5) is 24.2. The molecule has 1 aromatic rings. The topological polar surface area (TPSA) is 61.2 Å². The monoisotopic (exact) mass is 214 g/mol. The molecule has 0 N–H and O–H groups in total. The Morgan fingerprint density at radius 2 is 1.94 bits per heavy atom. The minimum absolute atomic E-state index is 0.167. The summed E-state index contributed by atoms with van der Waals surface area (Å²) in [6.07, 6.45) is 0.840. The number of nitrogens with zero attached hydrogens (tertiary/aromatic N) is 2. The Hall–Kier alpha value is -2.15. The van der Waals surface area contributed by atoms with E-state index in [-0.39, 0.29) is 31.1 Å². The van der Waals surface area contributed by atoms with Gasteiger partial charge in [0.25, 0.3) is 0 Å². The maximum atomic E-state index is 11.5. The van der Waals surface area contributed by atoms with Gasteiger partial charge in [-0.05, 0) is 17.7 Å². The van der Waals surface area contributed by atoms with Gasteiger partial charge in [-0.1, -0.05) is 12.1 Å². The van der Waals surface area contributed by atoms with Gasteiger partial charge in [-0.15, -0.1) is 0 Å². The normalized spacial score (nSPS) is 15.3. The van der Waals surface area contributed by atoms with Crippen LogP contribution in [0.1, 0.15) is 18.4 Å². The average molecular weight is 214 g/mol. The molecule has 16 heavy (non-hydrogen) atoms. The molecule has 1 aromatic carbocycles. The zero-order valence-corrected chi connectivity index (χ0v) is 8.64. The van der Waals surface area contributed by atoms with Gasteiger partial charge in [0.15, 0.2) is 0 Å². The third-order valence-corrected chi connectivity index (χ3v) is 2.50. The Morgan fingerprint density at radius 1 is 1.25 bits per heavy atom. The van der Waals surface area contributed by atoms with Crippen LogP contribution in [0.5, 0.6) is 0 Å². The van der Waals surface area contributed by atoms with Crippen molar-refractivity contribution >= 4 is 17.5 Å². The zero-order chi connectivity index (χ0) is 11.5. The molecule has 0 atom stereocenters. The number of carbonyl (C=O) groups is 2. The molecule has 0 aromatic heterocycles. The molecule has 1 heterocycles. The third kappa shape index (κ3) is 1.80. The quantitative estimate of drug-likeness (QED) is 0.699. The second kappa shape index (κ2) is 4.15. The highest BCUT2D eigenvalue weighted by Gasteiger charge is 2.30. The number of carbonyl (C=O) groups excluding carboxylic acids is 2. The first-order valence-corrected chi connectivity index (χ1v) is 5.04. The molecule has 2 rings (SSSR count). The van der Waals surface area contributed by atoms with E-state index < -0.39 is 0 Å². The highest BCUT2D eigenvalue weighted by atomic mass is 16.2. The van der Waals surface area contributed by atoms with Crippen LogP contribution in [0.2, 0.25) is 0 Å². The summed E-state index contributed by atoms with van der Waals surface area (Å²) in [6, 6.07) is 9.01. The molecule has 0 radical (unpaired) electrons. The first-order chi connectivity index (χ1) is 7.72. The van der Waals surface area contributed by atoms with Crippen molar-refractivity contribution in [3.63, 3.8) is 0 Å². The van der Waals surface area contributed by atoms with Crippen molar-refractivity contribution in [1.29, 1.82) is 5.26 Å². The maximum absolute atomic E-state index is 11.5. The fraction of sp³-hybridized carbons (Fsp3) is 0.250. The Kier molecular flexibility index (Phi) is 2.69. The number of hydrogen-bond acceptors (Lipinski definition) is 3. The van der Waals surface area contributed by atoms with Crippen LogP contribution in [0, 0.1) is 11.3 Å². The Balaban J connectivity index is 2.33. The molecule has 1 fully saturated rings. The lowest BCUT2D eigenvalue weighted by Crippen LogP contribution is -2.28. The van der Waals surface area contributed by atoms with Crippen LogP contribution in [0.4, 0.5) is 5.69 Å². The van der Waals surface area contributed by atoms with Crippen molar-refractivity contribution < 1.29 is 9.59 Å². The van der Waals surface area contributed by atoms with Gasteiger partial charge in [-0.25, -0.2) is 0 Å². The molecule has 0 aliphatic carbocycles. The van der Waals surface area contributed by atoms with Crippen LogP contribution in [-0.2, 0) is 16.0 Å². The molecule has 80 valence electrons. The van der Waals surface area contributed by atoms with Crippen molar-refractivity contribution in [2.24, 2.45) is 0 Å². The average Bonchev–Trinajstić information content (AvgIpc) is 2.59. The summed E-state index contributed by atoms with van der Waals surface area (Å²) in [5.74, 6) is -0.335. The number of imide groups is 1. The van der Waals surface area contributed by atoms with E-state index in [1.807, 2.05) is 6.07 Å². The predicted molar refractivity (Wildman–Crippen MR) is 57.5 cm³/mol. The highest BCUT2D eigenvalue weighted by molar-refractivity contribution is 6.19. The second-order valence-corrected chi connectivity index (χ2v) is 3.63. The first kappa shape index (κ1) is 10.4. The van der Waals surface area contributed by atoms with Crippen molar-refractivity contribution in [3.8, 4) is 6.07 Å². The number of anilines is 1. The van der Waals surface area contributed by atoms with E-state index in [2.05, 4.69) is 0 Å². The molecule has 0 spiro atoms. The number of hydrogen-bond donors (Lipinski definition) is 0. The maximum Gasteiger partial charge on any atom is 0.234 e. The molecule has 1 aliphatic rings. The fourth-order valence-corrected chi connectivity index (χ4v) is 1.76. The lowest BCUT2D eigenvalue weighted by molar-refractivity contribution is -0.121. The van der Waals surface area contributed by atoms with E-state index >= 15 is 0 Å². The SMILES string of the molecule is N#CCc1cccc(N2C(=O)CCC2=O)c1. The summed E-state index contributed by atoms with van der Waals surface area (Å²) in [6.45, 7) is 0. The summed E-state index contributed by atoms with van der Waals surface area (Å²) < 4.78 is 0. The number of benzene rings is 1. The van der Waals surface area contributed by atoms with E-state index in [0.717, 1.165) is 5.56 Å². The molecular formula is C12H10N2O2. The summed E-state index contributed by atoms with van der Waals surface area (Å²) in [5.41, 5.74) is 1.38. The summed E-state index contributed by atoms with van der Waals surface area (Å²) in [5, 5.41) is 8.58. The van der Waals surface area contributed by atoms with Crippen LogP contribution >= 0.6 is 0 Å². The first-order valence-electron chi connectivity index (χ1n) is 5.04. The van der Waals surface area contributed by atoms with Crippen molar-refractivity contribution in [2.45, 2.75) is 19.3 Å². The highest BCUT2D eigenvalue weighted by Crippen LogP contribution is 2.23. The molecule has 1 saturated heterocycles. The van der Waals surface area contributed by atoms with Gasteiger partial charge >= 0.3 is 0 Å². The second-order valence-electron chi connectivity index (χ2n) is 3.63. The van der Waals surface area contributed by atoms with Crippen molar-refractivity contribution in [2.75, 3.05) is 4.90 Å². The standard InChI is InChI=1S/C12H10N2O2/c13-7-6-9-2-1-3-10(8-9)14-11(15)4-5-12(14)16/h1-3,8H,4-6H2.